The van der Waals surface area contributed by atoms with E-state index in [2.05, 4.69) is 37.2 Å². The highest BCUT2D eigenvalue weighted by Crippen LogP contribution is 2.30. The number of nitrogens with one attached hydrogen (secondary N) is 1. The summed E-state index contributed by atoms with van der Waals surface area (Å²) in [4.78, 5) is 29.8. The van der Waals surface area contributed by atoms with Gasteiger partial charge in [-0.05, 0) is 55.3 Å². The van der Waals surface area contributed by atoms with E-state index in [1.807, 2.05) is 68.7 Å². The average molecular weight is 511 g/mol. The molecule has 0 saturated carbocycles. The molecule has 5 aromatic rings. The van der Waals surface area contributed by atoms with Crippen molar-refractivity contribution in [2.24, 2.45) is 4.99 Å². The topological polar surface area (TPSA) is 80.9 Å². The number of allylic oxidation sites excluding steroid dienone is 3. The SMILES string of the molecule is C=C(/C=C\C=NC)Cn1cc(-c2cnc3nc(C)n(Cc4ccc(Cl)cc4)c3c2)c2cc(C)[nH]c2c1=O. The van der Waals surface area contributed by atoms with Gasteiger partial charge in [-0.3, -0.25) is 9.79 Å². The molecule has 37 heavy (non-hydrogen) atoms. The van der Waals surface area contributed by atoms with Crippen LogP contribution in [0.25, 0.3) is 33.2 Å². The van der Waals surface area contributed by atoms with Gasteiger partial charge >= 0.3 is 0 Å². The molecule has 0 spiro atoms. The first-order valence-corrected chi connectivity index (χ1v) is 12.3. The fraction of sp³-hybridized carbons (Fsp3) is 0.172. The lowest BCUT2D eigenvalue weighted by Crippen LogP contribution is -2.21. The Morgan fingerprint density at radius 3 is 2.76 bits per heavy atom. The van der Waals surface area contributed by atoms with E-state index in [1.165, 1.54) is 0 Å². The van der Waals surface area contributed by atoms with Gasteiger partial charge in [-0.15, -0.1) is 0 Å². The van der Waals surface area contributed by atoms with Crippen molar-refractivity contribution in [1.82, 2.24) is 24.1 Å². The first-order valence-electron chi connectivity index (χ1n) is 11.9. The minimum atomic E-state index is -0.0942. The highest BCUT2D eigenvalue weighted by molar-refractivity contribution is 6.30. The number of pyridine rings is 2. The van der Waals surface area contributed by atoms with Crippen LogP contribution >= 0.6 is 11.6 Å². The molecule has 0 atom stereocenters. The summed E-state index contributed by atoms with van der Waals surface area (Å²) in [5, 5.41) is 1.57. The molecule has 7 nitrogen and oxygen atoms in total. The number of aromatic amines is 1. The molecule has 0 unspecified atom stereocenters. The largest absolute Gasteiger partial charge is 0.354 e. The molecule has 0 bridgehead atoms. The van der Waals surface area contributed by atoms with Crippen molar-refractivity contribution < 1.29 is 0 Å². The van der Waals surface area contributed by atoms with E-state index in [9.17, 15) is 4.79 Å². The number of fused-ring (bicyclic) bond motifs is 2. The number of imidazole rings is 1. The van der Waals surface area contributed by atoms with Gasteiger partial charge in [0.1, 0.15) is 11.3 Å². The van der Waals surface area contributed by atoms with E-state index in [4.69, 9.17) is 11.6 Å². The molecular weight excluding hydrogens is 484 g/mol. The molecule has 0 fully saturated rings. The lowest BCUT2D eigenvalue weighted by Gasteiger charge is -2.12. The lowest BCUT2D eigenvalue weighted by molar-refractivity contribution is 0.768. The number of nitrogens with zero attached hydrogens (tertiary/aromatic N) is 5. The summed E-state index contributed by atoms with van der Waals surface area (Å²) >= 11 is 6.07. The molecular formula is C29H27ClN6O. The van der Waals surface area contributed by atoms with Crippen LogP contribution in [0.4, 0.5) is 0 Å². The molecule has 1 aromatic carbocycles. The van der Waals surface area contributed by atoms with Crippen molar-refractivity contribution in [3.8, 4) is 11.1 Å². The monoisotopic (exact) mass is 510 g/mol. The Labute approximate surface area is 219 Å². The van der Waals surface area contributed by atoms with Gasteiger partial charge in [0, 0.05) is 59.4 Å². The Hall–Kier alpha value is -4.23. The van der Waals surface area contributed by atoms with Crippen molar-refractivity contribution in [3.05, 3.63) is 106 Å². The number of benzene rings is 1. The minimum Gasteiger partial charge on any atom is -0.354 e. The molecule has 0 aliphatic rings. The molecule has 0 saturated heterocycles. The maximum Gasteiger partial charge on any atom is 0.275 e. The molecule has 0 radical (unpaired) electrons. The normalized spacial score (nSPS) is 12.0. The molecule has 4 heterocycles. The van der Waals surface area contributed by atoms with Gasteiger partial charge in [0.15, 0.2) is 5.65 Å². The zero-order valence-corrected chi connectivity index (χ0v) is 21.8. The van der Waals surface area contributed by atoms with Crippen LogP contribution < -0.4 is 5.56 Å². The minimum absolute atomic E-state index is 0.0942. The Kier molecular flexibility index (Phi) is 6.63. The van der Waals surface area contributed by atoms with Crippen LogP contribution in [-0.4, -0.2) is 37.3 Å². The quantitative estimate of drug-likeness (QED) is 0.219. The zero-order chi connectivity index (χ0) is 26.1. The molecule has 0 amide bonds. The van der Waals surface area contributed by atoms with Crippen molar-refractivity contribution in [1.29, 1.82) is 0 Å². The van der Waals surface area contributed by atoms with Crippen LogP contribution in [0.15, 0.2) is 82.9 Å². The molecule has 4 aromatic heterocycles. The molecule has 0 aliphatic carbocycles. The summed E-state index contributed by atoms with van der Waals surface area (Å²) in [7, 11) is 1.71. The summed E-state index contributed by atoms with van der Waals surface area (Å²) < 4.78 is 3.83. The third-order valence-electron chi connectivity index (χ3n) is 6.30. The van der Waals surface area contributed by atoms with E-state index < -0.39 is 0 Å². The number of aromatic nitrogens is 5. The number of halogens is 1. The standard InChI is InChI=1S/C29H27ClN6O/c1-18(6-5-11-31-4)15-35-17-25(24-12-19(2)33-27(24)29(35)37)22-13-26-28(32-14-22)34-20(3)36(26)16-21-7-9-23(30)10-8-21/h5-14,17,33H,1,15-16H2,2-4H3/b6-5-,31-11?. The van der Waals surface area contributed by atoms with E-state index >= 15 is 0 Å². The van der Waals surface area contributed by atoms with Gasteiger partial charge in [-0.2, -0.15) is 0 Å². The van der Waals surface area contributed by atoms with Crippen LogP contribution in [0.5, 0.6) is 0 Å². The van der Waals surface area contributed by atoms with Crippen LogP contribution in [-0.2, 0) is 13.1 Å². The zero-order valence-electron chi connectivity index (χ0n) is 21.0. The fourth-order valence-electron chi connectivity index (χ4n) is 4.52. The number of aryl methyl sites for hydroxylation is 2. The summed E-state index contributed by atoms with van der Waals surface area (Å²) in [6, 6.07) is 11.9. The molecule has 1 N–H and O–H groups in total. The molecule has 5 rings (SSSR count). The number of hydrogen-bond donors (Lipinski definition) is 1. The first kappa shape index (κ1) is 24.5. The average Bonchev–Trinajstić information content (AvgIpc) is 3.41. The van der Waals surface area contributed by atoms with Gasteiger partial charge in [-0.25, -0.2) is 9.97 Å². The van der Waals surface area contributed by atoms with Gasteiger partial charge < -0.3 is 14.1 Å². The van der Waals surface area contributed by atoms with Gasteiger partial charge in [0.05, 0.1) is 12.1 Å². The maximum atomic E-state index is 13.3. The van der Waals surface area contributed by atoms with Crippen LogP contribution in [0.1, 0.15) is 17.1 Å². The summed E-state index contributed by atoms with van der Waals surface area (Å²) in [6.07, 6.45) is 9.07. The second-order valence-electron chi connectivity index (χ2n) is 9.08. The molecule has 8 heteroatoms. The van der Waals surface area contributed by atoms with Crippen LogP contribution in [0, 0.1) is 13.8 Å². The predicted octanol–water partition coefficient (Wildman–Crippen LogP) is 5.87. The fourth-order valence-corrected chi connectivity index (χ4v) is 4.65. The smallest absolute Gasteiger partial charge is 0.275 e. The van der Waals surface area contributed by atoms with Crippen molar-refractivity contribution >= 4 is 39.9 Å². The third-order valence-corrected chi connectivity index (χ3v) is 6.56. The highest BCUT2D eigenvalue weighted by atomic mass is 35.5. The number of hydrogen-bond acceptors (Lipinski definition) is 4. The lowest BCUT2D eigenvalue weighted by atomic mass is 10.0. The maximum absolute atomic E-state index is 13.3. The second-order valence-corrected chi connectivity index (χ2v) is 9.52. The van der Waals surface area contributed by atoms with Crippen molar-refractivity contribution in [2.45, 2.75) is 26.9 Å². The number of H-pyrrole nitrogens is 1. The van der Waals surface area contributed by atoms with E-state index in [0.29, 0.717) is 29.3 Å². The Balaban J connectivity index is 1.62. The van der Waals surface area contributed by atoms with Crippen molar-refractivity contribution in [3.63, 3.8) is 0 Å². The summed E-state index contributed by atoms with van der Waals surface area (Å²) in [5.74, 6) is 0.876. The van der Waals surface area contributed by atoms with E-state index in [1.54, 1.807) is 17.8 Å². The highest BCUT2D eigenvalue weighted by Gasteiger charge is 2.16. The van der Waals surface area contributed by atoms with Crippen LogP contribution in [0.3, 0.4) is 0 Å². The Bertz CT molecular complexity index is 1750. The number of rotatable bonds is 7. The number of aliphatic imine (C=N–C) groups is 1. The van der Waals surface area contributed by atoms with E-state index in [-0.39, 0.29) is 5.56 Å². The summed E-state index contributed by atoms with van der Waals surface area (Å²) in [6.45, 7) is 9.04. The third kappa shape index (κ3) is 4.90. The first-order chi connectivity index (χ1) is 17.8. The second kappa shape index (κ2) is 10.0. The molecule has 0 aliphatic heterocycles. The predicted molar refractivity (Wildman–Crippen MR) is 152 cm³/mol. The Morgan fingerprint density at radius 2 is 2.00 bits per heavy atom. The van der Waals surface area contributed by atoms with Gasteiger partial charge in [-0.1, -0.05) is 36.4 Å². The Morgan fingerprint density at radius 1 is 1.22 bits per heavy atom. The summed E-state index contributed by atoms with van der Waals surface area (Å²) in [5.41, 5.74) is 6.72. The van der Waals surface area contributed by atoms with Crippen molar-refractivity contribution in [2.75, 3.05) is 7.05 Å². The van der Waals surface area contributed by atoms with E-state index in [0.717, 1.165) is 44.7 Å². The van der Waals surface area contributed by atoms with Gasteiger partial charge in [0.25, 0.3) is 5.56 Å². The van der Waals surface area contributed by atoms with Crippen LogP contribution in [0.2, 0.25) is 5.02 Å². The molecule has 186 valence electrons. The van der Waals surface area contributed by atoms with Gasteiger partial charge in [0.2, 0.25) is 0 Å².